The number of aryl methyl sites for hydroxylation is 2. The van der Waals surface area contributed by atoms with E-state index in [1.54, 1.807) is 31.2 Å². The van der Waals surface area contributed by atoms with E-state index in [9.17, 15) is 12.8 Å². The summed E-state index contributed by atoms with van der Waals surface area (Å²) in [5, 5.41) is -0.192. The maximum Gasteiger partial charge on any atom is 0.263 e. The lowest BCUT2D eigenvalue weighted by atomic mass is 10.2. The summed E-state index contributed by atoms with van der Waals surface area (Å²) in [7, 11) is -3.96. The number of rotatable bonds is 4. The van der Waals surface area contributed by atoms with E-state index >= 15 is 0 Å². The summed E-state index contributed by atoms with van der Waals surface area (Å²) in [4.78, 5) is 4.09. The smallest absolute Gasteiger partial charge is 0.263 e. The van der Waals surface area contributed by atoms with E-state index < -0.39 is 15.8 Å². The van der Waals surface area contributed by atoms with Gasteiger partial charge in [-0.1, -0.05) is 17.7 Å². The van der Waals surface area contributed by atoms with Gasteiger partial charge in [-0.2, -0.15) is 0 Å². The molecule has 0 saturated carbocycles. The molecule has 0 unspecified atom stereocenters. The van der Waals surface area contributed by atoms with Crippen molar-refractivity contribution in [1.29, 1.82) is 0 Å². The minimum Gasteiger partial charge on any atom is -0.441 e. The third-order valence-corrected chi connectivity index (χ3v) is 5.44. The zero-order chi connectivity index (χ0) is 18.2. The first-order chi connectivity index (χ1) is 11.8. The second-order valence-electron chi connectivity index (χ2n) is 5.42. The Kier molecular flexibility index (Phi) is 4.53. The Bertz CT molecular complexity index is 1030. The van der Waals surface area contributed by atoms with Crippen LogP contribution in [-0.4, -0.2) is 13.4 Å². The lowest BCUT2D eigenvalue weighted by Crippen LogP contribution is -2.13. The van der Waals surface area contributed by atoms with Crippen molar-refractivity contribution in [3.63, 3.8) is 0 Å². The van der Waals surface area contributed by atoms with Gasteiger partial charge in [0.1, 0.15) is 16.5 Å². The molecule has 8 heteroatoms. The van der Waals surface area contributed by atoms with Crippen molar-refractivity contribution in [1.82, 2.24) is 4.98 Å². The van der Waals surface area contributed by atoms with Crippen molar-refractivity contribution in [3.05, 3.63) is 64.8 Å². The van der Waals surface area contributed by atoms with Crippen LogP contribution in [0.25, 0.3) is 11.5 Å². The summed E-state index contributed by atoms with van der Waals surface area (Å²) in [6.45, 7) is 3.63. The molecule has 0 atom stereocenters. The first-order valence-electron chi connectivity index (χ1n) is 7.28. The molecule has 0 aliphatic carbocycles. The Hall–Kier alpha value is -2.38. The number of aromatic nitrogens is 1. The maximum atomic E-state index is 13.1. The number of hydrogen-bond acceptors (Lipinski definition) is 4. The summed E-state index contributed by atoms with van der Waals surface area (Å²) in [6, 6.07) is 9.72. The van der Waals surface area contributed by atoms with E-state index in [0.29, 0.717) is 22.9 Å². The van der Waals surface area contributed by atoms with E-state index in [0.717, 1.165) is 23.9 Å². The molecule has 1 N–H and O–H groups in total. The third-order valence-electron chi connectivity index (χ3n) is 3.57. The molecule has 0 aliphatic rings. The van der Waals surface area contributed by atoms with Gasteiger partial charge in [-0.05, 0) is 50.2 Å². The van der Waals surface area contributed by atoms with Crippen molar-refractivity contribution in [2.45, 2.75) is 18.7 Å². The number of nitrogens with zero attached hydrogens (tertiary/aromatic N) is 1. The summed E-state index contributed by atoms with van der Waals surface area (Å²) >= 11 is 5.84. The molecule has 5 nitrogen and oxygen atoms in total. The number of nitrogens with one attached hydrogen (secondary N) is 1. The second-order valence-corrected chi connectivity index (χ2v) is 7.48. The average Bonchev–Trinajstić information content (AvgIpc) is 2.86. The standard InChI is InChI=1S/C17H14ClFN2O3S/c1-10-11(2)24-17(20-10)12-4-3-5-14(8-12)21-25(22,23)16-7-6-13(19)9-15(16)18/h3-9,21H,1-2H3. The fraction of sp³-hybridized carbons (Fsp3) is 0.118. The number of oxazole rings is 1. The van der Waals surface area contributed by atoms with Crippen molar-refractivity contribution >= 4 is 27.3 Å². The predicted octanol–water partition coefficient (Wildman–Crippen LogP) is 4.55. The van der Waals surface area contributed by atoms with Crippen molar-refractivity contribution in [3.8, 4) is 11.5 Å². The first kappa shape index (κ1) is 17.4. The average molecular weight is 381 g/mol. The van der Waals surface area contributed by atoms with Gasteiger partial charge < -0.3 is 4.42 Å². The minimum absolute atomic E-state index is 0.192. The molecule has 0 aliphatic heterocycles. The van der Waals surface area contributed by atoms with Crippen LogP contribution in [0.5, 0.6) is 0 Å². The van der Waals surface area contributed by atoms with E-state index in [1.165, 1.54) is 0 Å². The number of sulfonamides is 1. The largest absolute Gasteiger partial charge is 0.441 e. The van der Waals surface area contributed by atoms with Crippen LogP contribution in [0.1, 0.15) is 11.5 Å². The number of hydrogen-bond donors (Lipinski definition) is 1. The zero-order valence-electron chi connectivity index (χ0n) is 13.4. The molecule has 25 heavy (non-hydrogen) atoms. The highest BCUT2D eigenvalue weighted by Gasteiger charge is 2.19. The van der Waals surface area contributed by atoms with Gasteiger partial charge in [0.25, 0.3) is 10.0 Å². The Morgan fingerprint density at radius 1 is 1.16 bits per heavy atom. The highest BCUT2D eigenvalue weighted by molar-refractivity contribution is 7.92. The van der Waals surface area contributed by atoms with Gasteiger partial charge in [0.2, 0.25) is 5.89 Å². The lowest BCUT2D eigenvalue weighted by Gasteiger charge is -2.10. The lowest BCUT2D eigenvalue weighted by molar-refractivity contribution is 0.541. The summed E-state index contributed by atoms with van der Waals surface area (Å²) < 4.78 is 46.1. The Balaban J connectivity index is 1.94. The van der Waals surface area contributed by atoms with Gasteiger partial charge in [0, 0.05) is 11.3 Å². The predicted molar refractivity (Wildman–Crippen MR) is 93.6 cm³/mol. The van der Waals surface area contributed by atoms with Crippen molar-refractivity contribution in [2.75, 3.05) is 4.72 Å². The molecule has 0 amide bonds. The van der Waals surface area contributed by atoms with Crippen LogP contribution in [0.3, 0.4) is 0 Å². The summed E-state index contributed by atoms with van der Waals surface area (Å²) in [5.41, 5.74) is 1.70. The van der Waals surface area contributed by atoms with Crippen LogP contribution in [0.4, 0.5) is 10.1 Å². The Morgan fingerprint density at radius 3 is 2.56 bits per heavy atom. The molecular weight excluding hydrogens is 367 g/mol. The molecule has 1 heterocycles. The number of benzene rings is 2. The van der Waals surface area contributed by atoms with Crippen LogP contribution < -0.4 is 4.72 Å². The molecule has 2 aromatic carbocycles. The molecule has 0 bridgehead atoms. The van der Waals surface area contributed by atoms with Gasteiger partial charge in [-0.3, -0.25) is 4.72 Å². The highest BCUT2D eigenvalue weighted by atomic mass is 35.5. The molecular formula is C17H14ClFN2O3S. The fourth-order valence-corrected chi connectivity index (χ4v) is 3.80. The van der Waals surface area contributed by atoms with Crippen molar-refractivity contribution < 1.29 is 17.2 Å². The van der Waals surface area contributed by atoms with Crippen LogP contribution >= 0.6 is 11.6 Å². The van der Waals surface area contributed by atoms with Gasteiger partial charge >= 0.3 is 0 Å². The van der Waals surface area contributed by atoms with E-state index in [1.807, 2.05) is 6.92 Å². The Labute approximate surface area is 149 Å². The van der Waals surface area contributed by atoms with Crippen molar-refractivity contribution in [2.24, 2.45) is 0 Å². The number of anilines is 1. The van der Waals surface area contributed by atoms with Gasteiger partial charge in [-0.15, -0.1) is 0 Å². The number of halogens is 2. The quantitative estimate of drug-likeness (QED) is 0.720. The Morgan fingerprint density at radius 2 is 1.92 bits per heavy atom. The SMILES string of the molecule is Cc1nc(-c2cccc(NS(=O)(=O)c3ccc(F)cc3Cl)c2)oc1C. The van der Waals surface area contributed by atoms with E-state index in [4.69, 9.17) is 16.0 Å². The second kappa shape index (κ2) is 6.50. The van der Waals surface area contributed by atoms with Gasteiger partial charge in [-0.25, -0.2) is 17.8 Å². The molecule has 130 valence electrons. The molecule has 0 fully saturated rings. The topological polar surface area (TPSA) is 72.2 Å². The zero-order valence-corrected chi connectivity index (χ0v) is 15.0. The fourth-order valence-electron chi connectivity index (χ4n) is 2.22. The molecule has 1 aromatic heterocycles. The molecule has 3 rings (SSSR count). The van der Waals surface area contributed by atoms with E-state index in [2.05, 4.69) is 9.71 Å². The van der Waals surface area contributed by atoms with Crippen LogP contribution in [-0.2, 0) is 10.0 Å². The first-order valence-corrected chi connectivity index (χ1v) is 9.15. The third kappa shape index (κ3) is 3.67. The molecule has 0 saturated heterocycles. The summed E-state index contributed by atoms with van der Waals surface area (Å²) in [5.74, 6) is 0.482. The molecule has 0 radical (unpaired) electrons. The maximum absolute atomic E-state index is 13.1. The minimum atomic E-state index is -3.96. The van der Waals surface area contributed by atoms with E-state index in [-0.39, 0.29) is 9.92 Å². The van der Waals surface area contributed by atoms with Gasteiger partial charge in [0.05, 0.1) is 10.7 Å². The normalized spacial score (nSPS) is 11.5. The monoisotopic (exact) mass is 380 g/mol. The molecule has 3 aromatic rings. The van der Waals surface area contributed by atoms with Crippen LogP contribution in [0.2, 0.25) is 5.02 Å². The highest BCUT2D eigenvalue weighted by Crippen LogP contribution is 2.27. The van der Waals surface area contributed by atoms with Crippen LogP contribution in [0, 0.1) is 19.7 Å². The molecule has 0 spiro atoms. The van der Waals surface area contributed by atoms with Gasteiger partial charge in [0.15, 0.2) is 0 Å². The summed E-state index contributed by atoms with van der Waals surface area (Å²) in [6.07, 6.45) is 0. The van der Waals surface area contributed by atoms with Crippen LogP contribution in [0.15, 0.2) is 51.8 Å².